The smallest absolute Gasteiger partial charge is 0.149 e. The molecule has 0 amide bonds. The SMILES string of the molecule is COc1ccc(-c2ccc(C(C#N)=C(C#N)C#N)n2C)cc1. The molecule has 5 nitrogen and oxygen atoms in total. The van der Waals surface area contributed by atoms with Crippen LogP contribution in [0, 0.1) is 34.0 Å². The highest BCUT2D eigenvalue weighted by molar-refractivity contribution is 5.84. The molecule has 0 saturated carbocycles. The number of allylic oxidation sites excluding steroid dienone is 2. The van der Waals surface area contributed by atoms with Crippen molar-refractivity contribution >= 4 is 5.57 Å². The summed E-state index contributed by atoms with van der Waals surface area (Å²) in [7, 11) is 3.39. The lowest BCUT2D eigenvalue weighted by Gasteiger charge is -2.08. The number of rotatable bonds is 3. The van der Waals surface area contributed by atoms with Crippen LogP contribution in [-0.4, -0.2) is 11.7 Å². The second-order valence-electron chi connectivity index (χ2n) is 4.48. The summed E-state index contributed by atoms with van der Waals surface area (Å²) in [5, 5.41) is 27.2. The monoisotopic (exact) mass is 288 g/mol. The van der Waals surface area contributed by atoms with Gasteiger partial charge in [-0.3, -0.25) is 0 Å². The van der Waals surface area contributed by atoms with Crippen LogP contribution in [0.2, 0.25) is 0 Å². The molecule has 0 atom stereocenters. The zero-order chi connectivity index (χ0) is 16.1. The fraction of sp³-hybridized carbons (Fsp3) is 0.118. The van der Waals surface area contributed by atoms with Crippen LogP contribution in [0.3, 0.4) is 0 Å². The lowest BCUT2D eigenvalue weighted by Crippen LogP contribution is -1.99. The van der Waals surface area contributed by atoms with Crippen LogP contribution in [-0.2, 0) is 7.05 Å². The van der Waals surface area contributed by atoms with Crippen LogP contribution < -0.4 is 4.74 Å². The maximum absolute atomic E-state index is 9.24. The van der Waals surface area contributed by atoms with E-state index in [2.05, 4.69) is 0 Å². The van der Waals surface area contributed by atoms with Crippen molar-refractivity contribution < 1.29 is 4.74 Å². The van der Waals surface area contributed by atoms with Crippen molar-refractivity contribution in [3.63, 3.8) is 0 Å². The highest BCUT2D eigenvalue weighted by Crippen LogP contribution is 2.27. The number of hydrogen-bond donors (Lipinski definition) is 0. The van der Waals surface area contributed by atoms with Crippen LogP contribution in [0.15, 0.2) is 42.0 Å². The normalized spacial score (nSPS) is 9.23. The van der Waals surface area contributed by atoms with E-state index in [0.29, 0.717) is 5.69 Å². The second-order valence-corrected chi connectivity index (χ2v) is 4.48. The number of aromatic nitrogens is 1. The Bertz CT molecular complexity index is 836. The van der Waals surface area contributed by atoms with Crippen molar-refractivity contribution in [3.8, 4) is 35.2 Å². The largest absolute Gasteiger partial charge is 0.497 e. The zero-order valence-corrected chi connectivity index (χ0v) is 12.2. The molecule has 0 bridgehead atoms. The molecule has 0 aliphatic rings. The highest BCUT2D eigenvalue weighted by atomic mass is 16.5. The maximum atomic E-state index is 9.24. The van der Waals surface area contributed by atoms with Gasteiger partial charge in [0.2, 0.25) is 0 Å². The summed E-state index contributed by atoms with van der Waals surface area (Å²) in [5.74, 6) is 0.757. The van der Waals surface area contributed by atoms with Crippen LogP contribution in [0.1, 0.15) is 5.69 Å². The number of hydrogen-bond acceptors (Lipinski definition) is 4. The third-order valence-electron chi connectivity index (χ3n) is 3.35. The Labute approximate surface area is 128 Å². The standard InChI is InChI=1S/C17H12N4O/c1-21-16(12-3-5-14(22-2)6-4-12)7-8-17(21)15(11-20)13(9-18)10-19/h3-8H,1-2H3. The average molecular weight is 288 g/mol. The first-order valence-corrected chi connectivity index (χ1v) is 6.41. The summed E-state index contributed by atoms with van der Waals surface area (Å²) in [5.41, 5.74) is 2.24. The molecular weight excluding hydrogens is 276 g/mol. The second kappa shape index (κ2) is 6.31. The lowest BCUT2D eigenvalue weighted by molar-refractivity contribution is 0.415. The summed E-state index contributed by atoms with van der Waals surface area (Å²) >= 11 is 0. The molecular formula is C17H12N4O. The minimum atomic E-state index is -0.190. The Hall–Kier alpha value is -3.49. The van der Waals surface area contributed by atoms with Crippen LogP contribution >= 0.6 is 0 Å². The van der Waals surface area contributed by atoms with Crippen LogP contribution in [0.25, 0.3) is 16.8 Å². The predicted octanol–water partition coefficient (Wildman–Crippen LogP) is 3.03. The number of nitrogens with zero attached hydrogens (tertiary/aromatic N) is 4. The van der Waals surface area contributed by atoms with Crippen LogP contribution in [0.5, 0.6) is 5.75 Å². The van der Waals surface area contributed by atoms with Gasteiger partial charge in [-0.05, 0) is 42.0 Å². The van der Waals surface area contributed by atoms with E-state index in [4.69, 9.17) is 15.3 Å². The Kier molecular flexibility index (Phi) is 4.27. The Morgan fingerprint density at radius 1 is 0.955 bits per heavy atom. The Morgan fingerprint density at radius 3 is 2.09 bits per heavy atom. The molecule has 0 unspecified atom stereocenters. The average Bonchev–Trinajstić information content (AvgIpc) is 2.94. The summed E-state index contributed by atoms with van der Waals surface area (Å²) in [4.78, 5) is 0. The van der Waals surface area contributed by atoms with Gasteiger partial charge in [0.15, 0.2) is 0 Å². The van der Waals surface area contributed by atoms with E-state index in [9.17, 15) is 5.26 Å². The van der Waals surface area contributed by atoms with Gasteiger partial charge < -0.3 is 9.30 Å². The Balaban J connectivity index is 2.55. The van der Waals surface area contributed by atoms with Gasteiger partial charge in [-0.15, -0.1) is 0 Å². The van der Waals surface area contributed by atoms with Crippen molar-refractivity contribution in [2.24, 2.45) is 7.05 Å². The molecule has 2 rings (SSSR count). The molecule has 1 aromatic carbocycles. The van der Waals surface area contributed by atoms with Gasteiger partial charge in [-0.2, -0.15) is 15.8 Å². The van der Waals surface area contributed by atoms with Crippen molar-refractivity contribution in [2.75, 3.05) is 7.11 Å². The lowest BCUT2D eigenvalue weighted by atomic mass is 10.1. The molecule has 0 aliphatic heterocycles. The van der Waals surface area contributed by atoms with E-state index in [-0.39, 0.29) is 11.1 Å². The summed E-state index contributed by atoms with van der Waals surface area (Å²) in [6.07, 6.45) is 0. The summed E-state index contributed by atoms with van der Waals surface area (Å²) in [6.45, 7) is 0. The molecule has 0 fully saturated rings. The number of benzene rings is 1. The minimum absolute atomic E-state index is 0.0762. The third-order valence-corrected chi connectivity index (χ3v) is 3.35. The summed E-state index contributed by atoms with van der Waals surface area (Å²) in [6, 6.07) is 16.5. The van der Waals surface area contributed by atoms with Crippen molar-refractivity contribution in [1.29, 1.82) is 15.8 Å². The third kappa shape index (κ3) is 2.54. The maximum Gasteiger partial charge on any atom is 0.149 e. The van der Waals surface area contributed by atoms with E-state index >= 15 is 0 Å². The van der Waals surface area contributed by atoms with E-state index < -0.39 is 0 Å². The van der Waals surface area contributed by atoms with Crippen molar-refractivity contribution in [2.45, 2.75) is 0 Å². The van der Waals surface area contributed by atoms with Gasteiger partial charge in [-0.1, -0.05) is 0 Å². The molecule has 1 heterocycles. The molecule has 22 heavy (non-hydrogen) atoms. The van der Waals surface area contributed by atoms with Gasteiger partial charge in [0.25, 0.3) is 0 Å². The molecule has 1 aromatic heterocycles. The fourth-order valence-electron chi connectivity index (χ4n) is 2.19. The molecule has 0 saturated heterocycles. The topological polar surface area (TPSA) is 85.5 Å². The number of nitriles is 3. The molecule has 106 valence electrons. The van der Waals surface area contributed by atoms with E-state index in [1.54, 1.807) is 36.9 Å². The summed E-state index contributed by atoms with van der Waals surface area (Å²) < 4.78 is 6.91. The van der Waals surface area contributed by atoms with Crippen molar-refractivity contribution in [3.05, 3.63) is 47.7 Å². The predicted molar refractivity (Wildman–Crippen MR) is 81.2 cm³/mol. The first kappa shape index (κ1) is 14.9. The van der Waals surface area contributed by atoms with E-state index in [0.717, 1.165) is 17.0 Å². The van der Waals surface area contributed by atoms with Gasteiger partial charge in [0.1, 0.15) is 35.1 Å². The quantitative estimate of drug-likeness (QED) is 0.812. The van der Waals surface area contributed by atoms with Crippen molar-refractivity contribution in [1.82, 2.24) is 4.57 Å². The van der Waals surface area contributed by atoms with E-state index in [1.165, 1.54) is 0 Å². The van der Waals surface area contributed by atoms with Gasteiger partial charge in [-0.25, -0.2) is 0 Å². The number of ether oxygens (including phenoxy) is 1. The van der Waals surface area contributed by atoms with Gasteiger partial charge in [0, 0.05) is 12.7 Å². The van der Waals surface area contributed by atoms with Gasteiger partial charge >= 0.3 is 0 Å². The molecule has 2 aromatic rings. The highest BCUT2D eigenvalue weighted by Gasteiger charge is 2.15. The molecule has 0 N–H and O–H groups in total. The number of methoxy groups -OCH3 is 1. The van der Waals surface area contributed by atoms with Gasteiger partial charge in [0.05, 0.1) is 12.8 Å². The van der Waals surface area contributed by atoms with Crippen LogP contribution in [0.4, 0.5) is 0 Å². The molecule has 0 radical (unpaired) electrons. The fourth-order valence-corrected chi connectivity index (χ4v) is 2.19. The van der Waals surface area contributed by atoms with E-state index in [1.807, 2.05) is 36.4 Å². The first-order chi connectivity index (χ1) is 10.7. The molecule has 5 heteroatoms. The first-order valence-electron chi connectivity index (χ1n) is 6.41. The molecule has 0 aliphatic carbocycles. The Morgan fingerprint density at radius 2 is 1.59 bits per heavy atom. The zero-order valence-electron chi connectivity index (χ0n) is 12.2. The molecule has 0 spiro atoms. The minimum Gasteiger partial charge on any atom is -0.497 e.